The van der Waals surface area contributed by atoms with Crippen LogP contribution in [0.5, 0.6) is 0 Å². The van der Waals surface area contributed by atoms with Crippen LogP contribution in [-0.2, 0) is 0 Å². The number of hydrogen-bond acceptors (Lipinski definition) is 1. The van der Waals surface area contributed by atoms with Crippen molar-refractivity contribution in [2.24, 2.45) is 0 Å². The van der Waals surface area contributed by atoms with Gasteiger partial charge in [0.2, 0.25) is 0 Å². The summed E-state index contributed by atoms with van der Waals surface area (Å²) in [6.07, 6.45) is 2.25. The van der Waals surface area contributed by atoms with Gasteiger partial charge >= 0.3 is 18.9 Å². The molecule has 0 saturated heterocycles. The van der Waals surface area contributed by atoms with Crippen LogP contribution in [-0.4, -0.2) is 0 Å². The van der Waals surface area contributed by atoms with Gasteiger partial charge in [-0.3, -0.25) is 0 Å². The third-order valence-electron chi connectivity index (χ3n) is 2.37. The van der Waals surface area contributed by atoms with Crippen LogP contribution in [0.2, 0.25) is 0 Å². The molecule has 0 unspecified atom stereocenters. The number of hydrogen-bond donors (Lipinski definition) is 0. The van der Waals surface area contributed by atoms with Crippen molar-refractivity contribution in [3.8, 4) is 0 Å². The molecule has 3 rings (SSSR count). The fourth-order valence-corrected chi connectivity index (χ4v) is 2.69. The van der Waals surface area contributed by atoms with Crippen molar-refractivity contribution in [2.75, 3.05) is 0 Å². The van der Waals surface area contributed by atoms with E-state index in [1.54, 1.807) is 0 Å². The van der Waals surface area contributed by atoms with Gasteiger partial charge in [0.25, 0.3) is 0 Å². The second-order valence-electron chi connectivity index (χ2n) is 3.32. The number of fused-ring (bicyclic) bond motifs is 2. The molecule has 0 aromatic heterocycles. The molecule has 2 heteroatoms. The van der Waals surface area contributed by atoms with Crippen LogP contribution in [0.4, 0.5) is 0 Å². The molecule has 0 saturated carbocycles. The van der Waals surface area contributed by atoms with Gasteiger partial charge in [-0.15, -0.1) is 29.7 Å². The summed E-state index contributed by atoms with van der Waals surface area (Å²) in [5.74, 6) is 0. The standard InChI is InChI=1S/C13H9S.Li/c1-3-7-12-10(5-1)9-11-6-2-4-8-13(11)14-12;/h1-9H;/q-1;+1. The normalized spacial score (nSPS) is 11.7. The van der Waals surface area contributed by atoms with Crippen molar-refractivity contribution < 1.29 is 18.9 Å². The summed E-state index contributed by atoms with van der Waals surface area (Å²) in [7, 11) is 0. The fraction of sp³-hybridized carbons (Fsp3) is 0. The van der Waals surface area contributed by atoms with Crippen LogP contribution in [0, 0.1) is 6.42 Å². The van der Waals surface area contributed by atoms with Crippen molar-refractivity contribution in [1.82, 2.24) is 0 Å². The molecule has 0 amide bonds. The molecule has 0 fully saturated rings. The summed E-state index contributed by atoms with van der Waals surface area (Å²) in [5, 5.41) is 0. The zero-order chi connectivity index (χ0) is 9.38. The summed E-state index contributed by atoms with van der Waals surface area (Å²) in [5.41, 5.74) is 2.66. The second kappa shape index (κ2) is 4.41. The maximum Gasteiger partial charge on any atom is 1.00 e. The quantitative estimate of drug-likeness (QED) is 0.385. The molecule has 1 heterocycles. The van der Waals surface area contributed by atoms with Crippen LogP contribution in [0.25, 0.3) is 0 Å². The summed E-state index contributed by atoms with van der Waals surface area (Å²) in [4.78, 5) is 2.71. The largest absolute Gasteiger partial charge is 1.00 e. The van der Waals surface area contributed by atoms with Gasteiger partial charge in [0.1, 0.15) is 0 Å². The van der Waals surface area contributed by atoms with Crippen molar-refractivity contribution in [3.63, 3.8) is 0 Å². The summed E-state index contributed by atoms with van der Waals surface area (Å²) >= 11 is 1.85. The Balaban J connectivity index is 0.000000853. The molecule has 15 heavy (non-hydrogen) atoms. The Hall–Kier alpha value is -0.743. The van der Waals surface area contributed by atoms with Crippen molar-refractivity contribution in [2.45, 2.75) is 9.79 Å². The molecule has 0 atom stereocenters. The Bertz CT molecular complexity index is 392. The molecule has 0 spiro atoms. The zero-order valence-electron chi connectivity index (χ0n) is 8.60. The SMILES string of the molecule is [Li+].c1ccc2c(c1)[CH-]c1ccccc1S2. The van der Waals surface area contributed by atoms with Crippen LogP contribution in [0.3, 0.4) is 0 Å². The van der Waals surface area contributed by atoms with E-state index in [-0.39, 0.29) is 18.9 Å². The molecule has 0 aliphatic carbocycles. The monoisotopic (exact) mass is 204 g/mol. The van der Waals surface area contributed by atoms with Gasteiger partial charge in [0.15, 0.2) is 0 Å². The summed E-state index contributed by atoms with van der Waals surface area (Å²) in [6.45, 7) is 0. The Labute approximate surface area is 106 Å². The number of rotatable bonds is 0. The van der Waals surface area contributed by atoms with Crippen molar-refractivity contribution >= 4 is 11.8 Å². The molecule has 0 nitrogen and oxygen atoms in total. The minimum absolute atomic E-state index is 0. The average molecular weight is 204 g/mol. The van der Waals surface area contributed by atoms with E-state index in [1.165, 1.54) is 20.9 Å². The van der Waals surface area contributed by atoms with Gasteiger partial charge < -0.3 is 0 Å². The molecule has 0 N–H and O–H groups in total. The van der Waals surface area contributed by atoms with E-state index in [0.29, 0.717) is 0 Å². The summed E-state index contributed by atoms with van der Waals surface area (Å²) in [6, 6.07) is 17.0. The third kappa shape index (κ3) is 1.96. The van der Waals surface area contributed by atoms with E-state index in [9.17, 15) is 0 Å². The Kier molecular flexibility index (Phi) is 3.16. The first-order chi connectivity index (χ1) is 6.93. The first-order valence-electron chi connectivity index (χ1n) is 4.64. The second-order valence-corrected chi connectivity index (χ2v) is 4.41. The maximum atomic E-state index is 2.25. The Morgan fingerprint density at radius 3 is 1.73 bits per heavy atom. The maximum absolute atomic E-state index is 2.25. The van der Waals surface area contributed by atoms with E-state index in [0.717, 1.165) is 0 Å². The van der Waals surface area contributed by atoms with Crippen molar-refractivity contribution in [3.05, 3.63) is 66.1 Å². The van der Waals surface area contributed by atoms with Gasteiger partial charge in [-0.25, -0.2) is 0 Å². The first kappa shape index (κ1) is 10.8. The van der Waals surface area contributed by atoms with Crippen molar-refractivity contribution in [1.29, 1.82) is 0 Å². The van der Waals surface area contributed by atoms with Gasteiger partial charge in [0, 0.05) is 0 Å². The Morgan fingerprint density at radius 1 is 0.733 bits per heavy atom. The molecule has 0 bridgehead atoms. The van der Waals surface area contributed by atoms with Crippen LogP contribution in [0.1, 0.15) is 11.1 Å². The predicted octanol–water partition coefficient (Wildman–Crippen LogP) is 0.756. The first-order valence-corrected chi connectivity index (χ1v) is 5.46. The number of benzene rings is 2. The topological polar surface area (TPSA) is 0 Å². The fourth-order valence-electron chi connectivity index (χ4n) is 1.67. The van der Waals surface area contributed by atoms with Crippen LogP contribution in [0.15, 0.2) is 58.3 Å². The van der Waals surface area contributed by atoms with Crippen LogP contribution >= 0.6 is 11.8 Å². The predicted molar refractivity (Wildman–Crippen MR) is 59.5 cm³/mol. The molecular weight excluding hydrogens is 195 g/mol. The molecule has 0 radical (unpaired) electrons. The van der Waals surface area contributed by atoms with Gasteiger partial charge in [-0.1, -0.05) is 46.2 Å². The molecule has 2 aromatic rings. The molecule has 68 valence electrons. The average Bonchev–Trinajstić information content (AvgIpc) is 2.26. The zero-order valence-corrected chi connectivity index (χ0v) is 9.42. The van der Waals surface area contributed by atoms with E-state index in [2.05, 4.69) is 55.0 Å². The van der Waals surface area contributed by atoms with Gasteiger partial charge in [-0.2, -0.15) is 11.8 Å². The van der Waals surface area contributed by atoms with E-state index < -0.39 is 0 Å². The minimum atomic E-state index is 0. The minimum Gasteiger partial charge on any atom is -0.173 e. The van der Waals surface area contributed by atoms with E-state index in [1.807, 2.05) is 11.8 Å². The third-order valence-corrected chi connectivity index (χ3v) is 3.55. The summed E-state index contributed by atoms with van der Waals surface area (Å²) < 4.78 is 0. The molecular formula is C13H9LiS. The smallest absolute Gasteiger partial charge is 0.173 e. The van der Waals surface area contributed by atoms with Gasteiger partial charge in [0.05, 0.1) is 0 Å². The molecule has 2 aromatic carbocycles. The molecule has 1 aliphatic heterocycles. The van der Waals surface area contributed by atoms with Gasteiger partial charge in [-0.05, 0) is 0 Å². The Morgan fingerprint density at radius 2 is 1.20 bits per heavy atom. The van der Waals surface area contributed by atoms with E-state index in [4.69, 9.17) is 0 Å². The van der Waals surface area contributed by atoms with E-state index >= 15 is 0 Å². The molecule has 1 aliphatic rings. The van der Waals surface area contributed by atoms with Crippen LogP contribution < -0.4 is 18.9 Å².